The first-order valence-electron chi connectivity index (χ1n) is 13.5. The van der Waals surface area contributed by atoms with E-state index in [2.05, 4.69) is 152 Å². The van der Waals surface area contributed by atoms with Crippen LogP contribution >= 0.6 is 31.9 Å². The lowest BCUT2D eigenvalue weighted by molar-refractivity contribution is 0.474. The highest BCUT2D eigenvalue weighted by molar-refractivity contribution is 9.10. The van der Waals surface area contributed by atoms with Crippen molar-refractivity contribution in [2.75, 3.05) is 10.2 Å². The van der Waals surface area contributed by atoms with Crippen LogP contribution in [0.3, 0.4) is 0 Å². The molecule has 3 aromatic rings. The van der Waals surface area contributed by atoms with E-state index in [0.717, 1.165) is 30.6 Å². The van der Waals surface area contributed by atoms with Gasteiger partial charge in [-0.25, -0.2) is 0 Å². The van der Waals surface area contributed by atoms with Gasteiger partial charge < -0.3 is 9.33 Å². The van der Waals surface area contributed by atoms with Crippen LogP contribution in [0.15, 0.2) is 71.2 Å². The van der Waals surface area contributed by atoms with Gasteiger partial charge in [0.2, 0.25) is 0 Å². The molecular weight excluding hydrogens is 602 g/mol. The molecule has 0 aliphatic rings. The molecule has 5 heteroatoms. The monoisotopic (exact) mass is 643 g/mol. The molecule has 0 amide bonds. The molecule has 0 atom stereocenters. The third-order valence-electron chi connectivity index (χ3n) is 7.66. The molecule has 0 aromatic heterocycles. The number of alkyl halides is 1. The Balaban J connectivity index is 2.19. The van der Waals surface area contributed by atoms with Crippen LogP contribution in [-0.2, 0) is 19.5 Å². The van der Waals surface area contributed by atoms with Crippen LogP contribution in [0.4, 0.5) is 5.69 Å². The van der Waals surface area contributed by atoms with Gasteiger partial charge in [-0.1, -0.05) is 134 Å². The molecule has 0 fully saturated rings. The molecule has 0 heterocycles. The molecule has 0 aliphatic carbocycles. The topological polar surface area (TPSA) is 12.5 Å². The maximum absolute atomic E-state index is 7.36. The smallest absolute Gasteiger partial charge is 0.258 e. The van der Waals surface area contributed by atoms with E-state index in [4.69, 9.17) is 4.43 Å². The highest BCUT2D eigenvalue weighted by Crippen LogP contribution is 2.46. The summed E-state index contributed by atoms with van der Waals surface area (Å²) >= 11 is 7.73. The number of hydrogen-bond donors (Lipinski definition) is 0. The molecule has 0 saturated heterocycles. The lowest BCUT2D eigenvalue weighted by Crippen LogP contribution is -2.51. The van der Waals surface area contributed by atoms with Gasteiger partial charge in [0.05, 0.1) is 0 Å². The number of halogens is 2. The summed E-state index contributed by atoms with van der Waals surface area (Å²) in [5, 5.41) is 0.901. The average Bonchev–Trinajstić information content (AvgIpc) is 2.86. The summed E-state index contributed by atoms with van der Waals surface area (Å²) in [6.45, 7) is 18.1. The number of benzene rings is 3. The van der Waals surface area contributed by atoms with Gasteiger partial charge in [-0.3, -0.25) is 0 Å². The maximum Gasteiger partial charge on any atom is 0.258 e. The van der Waals surface area contributed by atoms with Crippen molar-refractivity contribution in [1.82, 2.24) is 0 Å². The minimum absolute atomic E-state index is 0.512. The standard InChI is InChI=1S/C32H43Br2NOSi/c1-23(2)37(24(3)4,25(5)6)36-31-20-30(26(7)32(34)29(31)18-19-33)35(21-27-14-10-8-11-15-27)22-28-16-12-9-13-17-28/h8-17,20,23-25H,18-19,21-22H2,1-7H3. The third-order valence-corrected chi connectivity index (χ3v) is 15.1. The van der Waals surface area contributed by atoms with Crippen molar-refractivity contribution in [2.45, 2.75) is 84.6 Å². The maximum atomic E-state index is 7.36. The van der Waals surface area contributed by atoms with E-state index in [1.807, 2.05) is 0 Å². The van der Waals surface area contributed by atoms with Gasteiger partial charge in [-0.15, -0.1) is 0 Å². The van der Waals surface area contributed by atoms with Gasteiger partial charge in [-0.2, -0.15) is 0 Å². The molecule has 0 aliphatic heterocycles. The van der Waals surface area contributed by atoms with Crippen LogP contribution in [0.1, 0.15) is 63.8 Å². The molecule has 37 heavy (non-hydrogen) atoms. The second-order valence-electron chi connectivity index (χ2n) is 11.0. The molecule has 200 valence electrons. The van der Waals surface area contributed by atoms with Crippen LogP contribution in [0, 0.1) is 6.92 Å². The SMILES string of the molecule is Cc1c(N(Cc2ccccc2)Cc2ccccc2)cc(O[Si](C(C)C)(C(C)C)C(C)C)c(CCBr)c1Br. The summed E-state index contributed by atoms with van der Waals surface area (Å²) in [7, 11) is -2.13. The zero-order valence-electron chi connectivity index (χ0n) is 23.5. The molecule has 0 spiro atoms. The van der Waals surface area contributed by atoms with Crippen molar-refractivity contribution < 1.29 is 4.43 Å². The van der Waals surface area contributed by atoms with E-state index in [0.29, 0.717) is 16.6 Å². The summed E-state index contributed by atoms with van der Waals surface area (Å²) in [5.41, 5.74) is 7.91. The first kappa shape index (κ1) is 30.0. The quantitative estimate of drug-likeness (QED) is 0.144. The number of hydrogen-bond acceptors (Lipinski definition) is 2. The molecule has 0 radical (unpaired) electrons. The fraction of sp³-hybridized carbons (Fsp3) is 0.438. The second-order valence-corrected chi connectivity index (χ2v) is 18.0. The highest BCUT2D eigenvalue weighted by atomic mass is 79.9. The van der Waals surface area contributed by atoms with Crippen molar-refractivity contribution in [3.63, 3.8) is 0 Å². The molecule has 3 rings (SSSR count). The van der Waals surface area contributed by atoms with Crippen molar-refractivity contribution in [1.29, 1.82) is 0 Å². The Morgan fingerprint density at radius 3 is 1.65 bits per heavy atom. The average molecular weight is 646 g/mol. The van der Waals surface area contributed by atoms with E-state index >= 15 is 0 Å². The van der Waals surface area contributed by atoms with Crippen LogP contribution in [-0.4, -0.2) is 13.6 Å². The molecular formula is C32H43Br2NOSi. The Hall–Kier alpha value is -1.56. The minimum Gasteiger partial charge on any atom is -0.542 e. The van der Waals surface area contributed by atoms with Crippen LogP contribution in [0.2, 0.25) is 16.6 Å². The zero-order valence-corrected chi connectivity index (χ0v) is 27.7. The fourth-order valence-corrected chi connectivity index (χ4v) is 12.2. The largest absolute Gasteiger partial charge is 0.542 e. The Morgan fingerprint density at radius 2 is 1.24 bits per heavy atom. The van der Waals surface area contributed by atoms with Gasteiger partial charge in [0.25, 0.3) is 8.32 Å². The zero-order chi connectivity index (χ0) is 27.2. The van der Waals surface area contributed by atoms with Crippen LogP contribution < -0.4 is 9.33 Å². The van der Waals surface area contributed by atoms with Crippen molar-refractivity contribution >= 4 is 45.9 Å². The lowest BCUT2D eigenvalue weighted by Gasteiger charge is -2.43. The van der Waals surface area contributed by atoms with E-state index in [1.54, 1.807) is 0 Å². The molecule has 0 N–H and O–H groups in total. The Labute approximate surface area is 243 Å². The van der Waals surface area contributed by atoms with Gasteiger partial charge in [0, 0.05) is 40.2 Å². The van der Waals surface area contributed by atoms with E-state index in [1.165, 1.54) is 32.4 Å². The van der Waals surface area contributed by atoms with Gasteiger partial charge in [0.15, 0.2) is 0 Å². The summed E-state index contributed by atoms with van der Waals surface area (Å²) < 4.78 is 8.53. The van der Waals surface area contributed by atoms with E-state index in [9.17, 15) is 0 Å². The highest BCUT2D eigenvalue weighted by Gasteiger charge is 2.47. The summed E-state index contributed by atoms with van der Waals surface area (Å²) in [6, 6.07) is 23.9. The van der Waals surface area contributed by atoms with Gasteiger partial charge >= 0.3 is 0 Å². The van der Waals surface area contributed by atoms with E-state index in [-0.39, 0.29) is 0 Å². The fourth-order valence-electron chi connectivity index (χ4n) is 5.89. The molecule has 0 saturated carbocycles. The van der Waals surface area contributed by atoms with Crippen LogP contribution in [0.5, 0.6) is 5.75 Å². The Bertz CT molecular complexity index is 1070. The predicted molar refractivity (Wildman–Crippen MR) is 171 cm³/mol. The summed E-state index contributed by atoms with van der Waals surface area (Å²) in [5.74, 6) is 1.06. The van der Waals surface area contributed by atoms with Gasteiger partial charge in [-0.05, 0) is 46.7 Å². The molecule has 0 bridgehead atoms. The third kappa shape index (κ3) is 6.91. The molecule has 0 unspecified atom stereocenters. The van der Waals surface area contributed by atoms with Crippen molar-refractivity contribution in [3.05, 3.63) is 93.5 Å². The van der Waals surface area contributed by atoms with Crippen LogP contribution in [0.25, 0.3) is 0 Å². The molecule has 3 aromatic carbocycles. The van der Waals surface area contributed by atoms with Gasteiger partial charge in [0.1, 0.15) is 5.75 Å². The number of rotatable bonds is 12. The van der Waals surface area contributed by atoms with Crippen molar-refractivity contribution in [2.24, 2.45) is 0 Å². The van der Waals surface area contributed by atoms with Crippen molar-refractivity contribution in [3.8, 4) is 5.75 Å². The second kappa shape index (κ2) is 13.5. The van der Waals surface area contributed by atoms with E-state index < -0.39 is 8.32 Å². The lowest BCUT2D eigenvalue weighted by atomic mass is 10.0. The number of anilines is 1. The predicted octanol–water partition coefficient (Wildman–Crippen LogP) is 10.5. The normalized spacial score (nSPS) is 12.0. The Kier molecular flexibility index (Phi) is 10.9. The summed E-state index contributed by atoms with van der Waals surface area (Å²) in [4.78, 5) is 2.50. The first-order valence-corrected chi connectivity index (χ1v) is 17.6. The first-order chi connectivity index (χ1) is 17.6. The minimum atomic E-state index is -2.13. The molecule has 2 nitrogen and oxygen atoms in total. The number of nitrogens with zero attached hydrogens (tertiary/aromatic N) is 1. The Morgan fingerprint density at radius 1 is 0.784 bits per heavy atom. The summed E-state index contributed by atoms with van der Waals surface area (Å²) in [6.07, 6.45) is 0.924.